The molecular formula is C20H17F4NO4. The molecule has 0 aromatic heterocycles. The van der Waals surface area contributed by atoms with Crippen LogP contribution in [0, 0.1) is 5.82 Å². The molecule has 0 aliphatic carbocycles. The summed E-state index contributed by atoms with van der Waals surface area (Å²) in [6, 6.07) is 5.28. The molecule has 2 aromatic carbocycles. The van der Waals surface area contributed by atoms with Gasteiger partial charge in [0.2, 0.25) is 5.91 Å². The zero-order valence-electron chi connectivity index (χ0n) is 15.7. The summed E-state index contributed by atoms with van der Waals surface area (Å²) in [4.78, 5) is 23.7. The van der Waals surface area contributed by atoms with Crippen molar-refractivity contribution >= 4 is 23.5 Å². The van der Waals surface area contributed by atoms with E-state index in [-0.39, 0.29) is 17.0 Å². The molecule has 0 unspecified atom stereocenters. The van der Waals surface area contributed by atoms with Crippen LogP contribution in [0.5, 0.6) is 11.5 Å². The number of rotatable bonds is 6. The number of halogens is 4. The van der Waals surface area contributed by atoms with E-state index < -0.39 is 35.0 Å². The number of benzene rings is 2. The summed E-state index contributed by atoms with van der Waals surface area (Å²) in [6.07, 6.45) is -2.49. The lowest BCUT2D eigenvalue weighted by Gasteiger charge is -2.16. The quantitative estimate of drug-likeness (QED) is 0.425. The highest BCUT2D eigenvalue weighted by Crippen LogP contribution is 2.42. The SMILES string of the molecule is COc1cc(C(=O)/C=C/c2ccc(F)cc2NC(C)=O)cc(C(F)(F)F)c1OC. The fraction of sp³-hybridized carbons (Fsp3) is 0.200. The van der Waals surface area contributed by atoms with Crippen molar-refractivity contribution in [1.29, 1.82) is 0 Å². The lowest BCUT2D eigenvalue weighted by molar-refractivity contribution is -0.138. The van der Waals surface area contributed by atoms with Crippen molar-refractivity contribution in [2.45, 2.75) is 13.1 Å². The Morgan fingerprint density at radius 2 is 1.76 bits per heavy atom. The number of hydrogen-bond acceptors (Lipinski definition) is 4. The van der Waals surface area contributed by atoms with Crippen molar-refractivity contribution in [3.8, 4) is 11.5 Å². The van der Waals surface area contributed by atoms with Gasteiger partial charge < -0.3 is 14.8 Å². The molecule has 0 aliphatic heterocycles. The Hall–Kier alpha value is -3.36. The molecule has 0 atom stereocenters. The number of hydrogen-bond donors (Lipinski definition) is 1. The normalized spacial score (nSPS) is 11.4. The van der Waals surface area contributed by atoms with Crippen LogP contribution in [0.15, 0.2) is 36.4 Å². The molecule has 2 rings (SSSR count). The zero-order chi connectivity index (χ0) is 21.8. The third kappa shape index (κ3) is 5.34. The summed E-state index contributed by atoms with van der Waals surface area (Å²) in [5, 5.41) is 2.41. The van der Waals surface area contributed by atoms with Gasteiger partial charge in [-0.05, 0) is 48.0 Å². The highest BCUT2D eigenvalue weighted by Gasteiger charge is 2.36. The molecule has 0 spiro atoms. The zero-order valence-corrected chi connectivity index (χ0v) is 15.7. The first-order valence-electron chi connectivity index (χ1n) is 8.19. The minimum Gasteiger partial charge on any atom is -0.493 e. The van der Waals surface area contributed by atoms with Gasteiger partial charge >= 0.3 is 6.18 Å². The minimum absolute atomic E-state index is 0.116. The van der Waals surface area contributed by atoms with Crippen LogP contribution in [-0.4, -0.2) is 25.9 Å². The Morgan fingerprint density at radius 1 is 1.07 bits per heavy atom. The van der Waals surface area contributed by atoms with Crippen LogP contribution in [0.3, 0.4) is 0 Å². The first kappa shape index (κ1) is 21.9. The van der Waals surface area contributed by atoms with Gasteiger partial charge in [-0.3, -0.25) is 9.59 Å². The number of carbonyl (C=O) groups excluding carboxylic acids is 2. The summed E-state index contributed by atoms with van der Waals surface area (Å²) in [5.41, 5.74) is -1.03. The monoisotopic (exact) mass is 411 g/mol. The molecule has 9 heteroatoms. The van der Waals surface area contributed by atoms with Crippen molar-refractivity contribution in [3.63, 3.8) is 0 Å². The predicted molar refractivity (Wildman–Crippen MR) is 98.6 cm³/mol. The van der Waals surface area contributed by atoms with E-state index >= 15 is 0 Å². The van der Waals surface area contributed by atoms with Gasteiger partial charge in [-0.15, -0.1) is 0 Å². The van der Waals surface area contributed by atoms with Crippen molar-refractivity contribution < 1.29 is 36.6 Å². The van der Waals surface area contributed by atoms with E-state index in [2.05, 4.69) is 5.32 Å². The van der Waals surface area contributed by atoms with Crippen LogP contribution in [0.1, 0.15) is 28.4 Å². The van der Waals surface area contributed by atoms with Gasteiger partial charge in [0.05, 0.1) is 19.9 Å². The third-order valence-corrected chi connectivity index (χ3v) is 3.81. The topological polar surface area (TPSA) is 64.6 Å². The summed E-state index contributed by atoms with van der Waals surface area (Å²) >= 11 is 0. The fourth-order valence-electron chi connectivity index (χ4n) is 2.55. The van der Waals surface area contributed by atoms with E-state index in [1.807, 2.05) is 0 Å². The van der Waals surface area contributed by atoms with Gasteiger partial charge in [-0.1, -0.05) is 0 Å². The fourth-order valence-corrected chi connectivity index (χ4v) is 2.55. The van der Waals surface area contributed by atoms with Gasteiger partial charge in [0.25, 0.3) is 0 Å². The average molecular weight is 411 g/mol. The third-order valence-electron chi connectivity index (χ3n) is 3.81. The molecule has 0 fully saturated rings. The highest BCUT2D eigenvalue weighted by atomic mass is 19.4. The average Bonchev–Trinajstić information content (AvgIpc) is 2.64. The van der Waals surface area contributed by atoms with Crippen molar-refractivity contribution in [1.82, 2.24) is 0 Å². The summed E-state index contributed by atoms with van der Waals surface area (Å²) < 4.78 is 63.0. The number of ether oxygens (including phenoxy) is 2. The van der Waals surface area contributed by atoms with Crippen LogP contribution in [0.25, 0.3) is 6.08 Å². The molecule has 5 nitrogen and oxygen atoms in total. The Balaban J connectivity index is 2.45. The van der Waals surface area contributed by atoms with E-state index in [1.54, 1.807) is 0 Å². The maximum Gasteiger partial charge on any atom is 0.420 e. The molecule has 0 heterocycles. The molecule has 154 valence electrons. The number of ketones is 1. The van der Waals surface area contributed by atoms with E-state index in [0.717, 1.165) is 38.5 Å². The van der Waals surface area contributed by atoms with Gasteiger partial charge in [0, 0.05) is 12.5 Å². The number of amides is 1. The Labute approximate surface area is 163 Å². The lowest BCUT2D eigenvalue weighted by Crippen LogP contribution is -2.11. The van der Waals surface area contributed by atoms with E-state index in [9.17, 15) is 27.2 Å². The standard InChI is InChI=1S/C20H17F4NO4/c1-11(26)25-16-10-14(21)6-4-12(16)5-7-17(27)13-8-15(20(22,23)24)19(29-3)18(9-13)28-2/h4-10H,1-3H3,(H,25,26)/b7-5+. The number of nitrogens with one attached hydrogen (secondary N) is 1. The number of methoxy groups -OCH3 is 2. The molecule has 0 saturated heterocycles. The van der Waals surface area contributed by atoms with Crippen LogP contribution in [-0.2, 0) is 11.0 Å². The number of carbonyl (C=O) groups is 2. The van der Waals surface area contributed by atoms with Crippen molar-refractivity contribution in [2.24, 2.45) is 0 Å². The second-order valence-electron chi connectivity index (χ2n) is 5.87. The molecule has 29 heavy (non-hydrogen) atoms. The minimum atomic E-state index is -4.77. The van der Waals surface area contributed by atoms with Crippen LogP contribution in [0.2, 0.25) is 0 Å². The van der Waals surface area contributed by atoms with E-state index in [0.29, 0.717) is 11.6 Å². The molecular weight excluding hydrogens is 394 g/mol. The maximum absolute atomic E-state index is 13.4. The van der Waals surface area contributed by atoms with Crippen molar-refractivity contribution in [3.05, 3.63) is 58.9 Å². The summed E-state index contributed by atoms with van der Waals surface area (Å²) in [7, 11) is 2.22. The van der Waals surface area contributed by atoms with Crippen molar-refractivity contribution in [2.75, 3.05) is 19.5 Å². The smallest absolute Gasteiger partial charge is 0.420 e. The predicted octanol–water partition coefficient (Wildman–Crippen LogP) is 4.72. The molecule has 1 amide bonds. The first-order valence-corrected chi connectivity index (χ1v) is 8.19. The molecule has 0 saturated carbocycles. The van der Waals surface area contributed by atoms with Gasteiger partial charge in [-0.2, -0.15) is 13.2 Å². The first-order chi connectivity index (χ1) is 13.6. The number of anilines is 1. The molecule has 2 aromatic rings. The van der Waals surface area contributed by atoms with E-state index in [1.165, 1.54) is 19.1 Å². The summed E-state index contributed by atoms with van der Waals surface area (Å²) in [5.74, 6) is -2.60. The molecule has 0 bridgehead atoms. The lowest BCUT2D eigenvalue weighted by atomic mass is 10.0. The largest absolute Gasteiger partial charge is 0.493 e. The van der Waals surface area contributed by atoms with Crippen LogP contribution in [0.4, 0.5) is 23.2 Å². The molecule has 0 radical (unpaired) electrons. The Morgan fingerprint density at radius 3 is 2.31 bits per heavy atom. The Bertz CT molecular complexity index is 968. The van der Waals surface area contributed by atoms with Gasteiger partial charge in [-0.25, -0.2) is 4.39 Å². The maximum atomic E-state index is 13.4. The number of allylic oxidation sites excluding steroid dienone is 1. The second-order valence-corrected chi connectivity index (χ2v) is 5.87. The van der Waals surface area contributed by atoms with Crippen LogP contribution < -0.4 is 14.8 Å². The summed E-state index contributed by atoms with van der Waals surface area (Å²) in [6.45, 7) is 1.23. The Kier molecular flexibility index (Phi) is 6.63. The molecule has 1 N–H and O–H groups in total. The van der Waals surface area contributed by atoms with Gasteiger partial charge in [0.1, 0.15) is 11.4 Å². The van der Waals surface area contributed by atoms with E-state index in [4.69, 9.17) is 9.47 Å². The molecule has 0 aliphatic rings. The second kappa shape index (κ2) is 8.76. The number of alkyl halides is 3. The van der Waals surface area contributed by atoms with Gasteiger partial charge in [0.15, 0.2) is 17.3 Å². The van der Waals surface area contributed by atoms with Crippen LogP contribution >= 0.6 is 0 Å². The highest BCUT2D eigenvalue weighted by molar-refractivity contribution is 6.08.